The maximum atomic E-state index is 5.44. The summed E-state index contributed by atoms with van der Waals surface area (Å²) < 4.78 is 7.49. The van der Waals surface area contributed by atoms with E-state index in [0.717, 1.165) is 41.7 Å². The Morgan fingerprint density at radius 1 is 1.17 bits per heavy atom. The van der Waals surface area contributed by atoms with Crippen molar-refractivity contribution in [3.05, 3.63) is 59.7 Å². The van der Waals surface area contributed by atoms with Crippen LogP contribution in [0.15, 0.2) is 52.6 Å². The van der Waals surface area contributed by atoms with Crippen molar-refractivity contribution in [2.75, 3.05) is 13.1 Å². The van der Waals surface area contributed by atoms with Crippen molar-refractivity contribution in [2.45, 2.75) is 12.5 Å². The minimum absolute atomic E-state index is 0.322. The zero-order valence-corrected chi connectivity index (χ0v) is 13.7. The molecule has 0 atom stereocenters. The number of pyridine rings is 1. The first-order valence-electron chi connectivity index (χ1n) is 7.87. The molecule has 0 amide bonds. The Morgan fingerprint density at radius 3 is 2.96 bits per heavy atom. The van der Waals surface area contributed by atoms with Crippen molar-refractivity contribution in [2.24, 2.45) is 0 Å². The Balaban J connectivity index is 1.24. The van der Waals surface area contributed by atoms with Gasteiger partial charge >= 0.3 is 0 Å². The van der Waals surface area contributed by atoms with E-state index in [1.165, 1.54) is 0 Å². The van der Waals surface area contributed by atoms with Gasteiger partial charge in [-0.15, -0.1) is 11.3 Å². The molecule has 5 rings (SSSR count). The topological polar surface area (TPSA) is 59.5 Å². The molecule has 0 radical (unpaired) electrons. The summed E-state index contributed by atoms with van der Waals surface area (Å²) in [6.45, 7) is 2.71. The third-order valence-corrected chi connectivity index (χ3v) is 5.16. The fourth-order valence-corrected chi connectivity index (χ4v) is 3.70. The van der Waals surface area contributed by atoms with Crippen LogP contribution in [0.4, 0.5) is 0 Å². The average molecular weight is 337 g/mol. The quantitative estimate of drug-likeness (QED) is 0.573. The highest BCUT2D eigenvalue weighted by Crippen LogP contribution is 2.29. The molecule has 1 saturated heterocycles. The highest BCUT2D eigenvalue weighted by atomic mass is 32.1. The number of likely N-dealkylation sites (tertiary alicyclic amines) is 1. The Bertz CT molecular complexity index is 935. The van der Waals surface area contributed by atoms with E-state index in [9.17, 15) is 0 Å². The van der Waals surface area contributed by atoms with Gasteiger partial charge in [0.05, 0.1) is 16.5 Å². The molecule has 0 N–H and O–H groups in total. The zero-order valence-electron chi connectivity index (χ0n) is 12.9. The van der Waals surface area contributed by atoms with E-state index in [1.807, 2.05) is 41.9 Å². The summed E-state index contributed by atoms with van der Waals surface area (Å²) in [6, 6.07) is 10.0. The summed E-state index contributed by atoms with van der Waals surface area (Å²) in [5.74, 6) is 1.76. The summed E-state index contributed by atoms with van der Waals surface area (Å²) in [5, 5.41) is 6.11. The molecule has 1 aliphatic rings. The van der Waals surface area contributed by atoms with Gasteiger partial charge in [0.25, 0.3) is 0 Å². The first kappa shape index (κ1) is 13.9. The summed E-state index contributed by atoms with van der Waals surface area (Å²) in [6.07, 6.45) is 4.11. The van der Waals surface area contributed by atoms with Crippen molar-refractivity contribution in [3.8, 4) is 10.7 Å². The van der Waals surface area contributed by atoms with E-state index in [4.69, 9.17) is 4.52 Å². The molecule has 0 spiro atoms. The molecule has 4 aromatic heterocycles. The average Bonchev–Trinajstić information content (AvgIpc) is 3.28. The second kappa shape index (κ2) is 5.54. The molecule has 120 valence electrons. The van der Waals surface area contributed by atoms with Crippen molar-refractivity contribution >= 4 is 17.0 Å². The maximum absolute atomic E-state index is 5.44. The fourth-order valence-electron chi connectivity index (χ4n) is 3.05. The number of fused-ring (bicyclic) bond motifs is 1. The molecule has 0 saturated carbocycles. The van der Waals surface area contributed by atoms with Crippen molar-refractivity contribution in [1.82, 2.24) is 24.4 Å². The van der Waals surface area contributed by atoms with Crippen LogP contribution in [-0.2, 0) is 6.54 Å². The number of thiophene rings is 1. The van der Waals surface area contributed by atoms with Gasteiger partial charge < -0.3 is 8.92 Å². The molecule has 1 aliphatic heterocycles. The zero-order chi connectivity index (χ0) is 15.9. The van der Waals surface area contributed by atoms with Gasteiger partial charge in [0.15, 0.2) is 0 Å². The fraction of sp³-hybridized carbons (Fsp3) is 0.235. The molecule has 6 nitrogen and oxygen atoms in total. The predicted molar refractivity (Wildman–Crippen MR) is 90.8 cm³/mol. The van der Waals surface area contributed by atoms with E-state index >= 15 is 0 Å². The minimum Gasteiger partial charge on any atom is -0.339 e. The highest BCUT2D eigenvalue weighted by molar-refractivity contribution is 7.13. The number of hydrogen-bond acceptors (Lipinski definition) is 6. The molecule has 0 aliphatic carbocycles. The Kier molecular flexibility index (Phi) is 3.20. The van der Waals surface area contributed by atoms with Crippen LogP contribution in [0.1, 0.15) is 17.5 Å². The lowest BCUT2D eigenvalue weighted by atomic mass is 10.00. The highest BCUT2D eigenvalue weighted by Gasteiger charge is 2.33. The SMILES string of the molecule is c1csc(-c2noc(C3CN(Cc4cn5ccccc5n4)C3)n2)c1. The second-order valence-electron chi connectivity index (χ2n) is 6.02. The van der Waals surface area contributed by atoms with Crippen molar-refractivity contribution in [3.63, 3.8) is 0 Å². The van der Waals surface area contributed by atoms with E-state index in [-0.39, 0.29) is 0 Å². The summed E-state index contributed by atoms with van der Waals surface area (Å²) >= 11 is 1.62. The molecule has 24 heavy (non-hydrogen) atoms. The van der Waals surface area contributed by atoms with Crippen LogP contribution < -0.4 is 0 Å². The monoisotopic (exact) mass is 337 g/mol. The van der Waals surface area contributed by atoms with Gasteiger partial charge in [-0.05, 0) is 23.6 Å². The number of rotatable bonds is 4. The van der Waals surface area contributed by atoms with E-state index in [2.05, 4.69) is 30.6 Å². The second-order valence-corrected chi connectivity index (χ2v) is 6.97. The van der Waals surface area contributed by atoms with E-state index in [0.29, 0.717) is 11.7 Å². The Labute approximate surface area is 142 Å². The van der Waals surface area contributed by atoms with Gasteiger partial charge in [-0.25, -0.2) is 4.98 Å². The molecule has 1 fully saturated rings. The van der Waals surface area contributed by atoms with Crippen LogP contribution in [-0.4, -0.2) is 37.5 Å². The van der Waals surface area contributed by atoms with Crippen LogP contribution in [0.3, 0.4) is 0 Å². The van der Waals surface area contributed by atoms with Gasteiger partial charge in [0, 0.05) is 32.0 Å². The van der Waals surface area contributed by atoms with Crippen molar-refractivity contribution < 1.29 is 4.52 Å². The minimum atomic E-state index is 0.322. The third-order valence-electron chi connectivity index (χ3n) is 4.29. The van der Waals surface area contributed by atoms with Crippen molar-refractivity contribution in [1.29, 1.82) is 0 Å². The lowest BCUT2D eigenvalue weighted by molar-refractivity contribution is 0.116. The first-order chi connectivity index (χ1) is 11.8. The molecular formula is C17H15N5OS. The molecule has 0 aromatic carbocycles. The molecule has 4 aromatic rings. The lowest BCUT2D eigenvalue weighted by Crippen LogP contribution is -2.44. The first-order valence-corrected chi connectivity index (χ1v) is 8.75. The normalized spacial score (nSPS) is 15.8. The Morgan fingerprint density at radius 2 is 2.12 bits per heavy atom. The largest absolute Gasteiger partial charge is 0.339 e. The summed E-state index contributed by atoms with van der Waals surface area (Å²) in [5.41, 5.74) is 2.08. The number of nitrogens with zero attached hydrogens (tertiary/aromatic N) is 5. The third kappa shape index (κ3) is 2.42. The maximum Gasteiger partial charge on any atom is 0.232 e. The summed E-state index contributed by atoms with van der Waals surface area (Å²) in [4.78, 5) is 12.6. The predicted octanol–water partition coefficient (Wildman–Crippen LogP) is 3.05. The number of hydrogen-bond donors (Lipinski definition) is 0. The van der Waals surface area contributed by atoms with Crippen LogP contribution in [0.25, 0.3) is 16.3 Å². The van der Waals surface area contributed by atoms with Crippen LogP contribution in [0.5, 0.6) is 0 Å². The van der Waals surface area contributed by atoms with Gasteiger partial charge in [-0.1, -0.05) is 17.3 Å². The van der Waals surface area contributed by atoms with Crippen LogP contribution in [0, 0.1) is 0 Å². The molecule has 7 heteroatoms. The molecule has 0 unspecified atom stereocenters. The van der Waals surface area contributed by atoms with Gasteiger partial charge in [-0.2, -0.15) is 4.98 Å². The van der Waals surface area contributed by atoms with E-state index < -0.39 is 0 Å². The van der Waals surface area contributed by atoms with Gasteiger partial charge in [0.1, 0.15) is 5.65 Å². The lowest BCUT2D eigenvalue weighted by Gasteiger charge is -2.36. The Hall–Kier alpha value is -2.51. The molecule has 5 heterocycles. The smallest absolute Gasteiger partial charge is 0.232 e. The van der Waals surface area contributed by atoms with Crippen LogP contribution >= 0.6 is 11.3 Å². The molecule has 0 bridgehead atoms. The summed E-state index contributed by atoms with van der Waals surface area (Å²) in [7, 11) is 0. The molecular weight excluding hydrogens is 322 g/mol. The number of imidazole rings is 1. The standard InChI is InChI=1S/C17H15N5OS/c1-2-6-22-11-13(18-15(22)5-1)10-21-8-12(9-21)17-19-16(20-23-17)14-4-3-7-24-14/h1-7,11-12H,8-10H2. The number of aromatic nitrogens is 4. The van der Waals surface area contributed by atoms with Gasteiger partial charge in [-0.3, -0.25) is 4.90 Å². The van der Waals surface area contributed by atoms with Crippen LogP contribution in [0.2, 0.25) is 0 Å². The van der Waals surface area contributed by atoms with E-state index in [1.54, 1.807) is 11.3 Å². The van der Waals surface area contributed by atoms with Gasteiger partial charge in [0.2, 0.25) is 11.7 Å².